The monoisotopic (exact) mass is 489 g/mol. The minimum Gasteiger partial charge on any atom is -0.352 e. The van der Waals surface area contributed by atoms with Crippen LogP contribution < -0.4 is 0 Å². The fourth-order valence-electron chi connectivity index (χ4n) is 8.10. The number of benzene rings is 2. The molecule has 3 fully saturated rings. The van der Waals surface area contributed by atoms with Crippen LogP contribution in [-0.2, 0) is 6.54 Å². The molecule has 3 atom stereocenters. The highest BCUT2D eigenvalue weighted by molar-refractivity contribution is 5.96. The molecule has 8 rings (SSSR count). The molecule has 2 saturated carbocycles. The normalized spacial score (nSPS) is 28.7. The number of piperidine rings is 1. The summed E-state index contributed by atoms with van der Waals surface area (Å²) in [5, 5.41) is 0. The predicted octanol–water partition coefficient (Wildman–Crippen LogP) is 6.31. The molecule has 0 N–H and O–H groups in total. The van der Waals surface area contributed by atoms with E-state index in [1.807, 2.05) is 6.33 Å². The Hall–Kier alpha value is -3.21. The van der Waals surface area contributed by atoms with E-state index < -0.39 is 0 Å². The van der Waals surface area contributed by atoms with Crippen molar-refractivity contribution in [1.29, 1.82) is 0 Å². The zero-order chi connectivity index (χ0) is 24.8. The standard InChI is InChI=1S/C32H35N5/c1-21-4-6-23(7-5-21)28-10-13-34-30-32(18-31(11-3-12-31)19-37(28)30)14-27(32)24-8-9-29(26-16-33-15-25(24)26)36-17-22(2)35-20-36/h4-9,15,17,20,27-28H,3,10-14,16,18-19H2,1-2H3. The first-order valence-corrected chi connectivity index (χ1v) is 14.1. The van der Waals surface area contributed by atoms with E-state index in [0.717, 1.165) is 25.2 Å². The summed E-state index contributed by atoms with van der Waals surface area (Å²) in [4.78, 5) is 17.3. The van der Waals surface area contributed by atoms with Gasteiger partial charge in [0.1, 0.15) is 5.84 Å². The molecule has 4 heterocycles. The van der Waals surface area contributed by atoms with E-state index in [-0.39, 0.29) is 5.41 Å². The Morgan fingerprint density at radius 2 is 1.89 bits per heavy atom. The number of aryl methyl sites for hydroxylation is 2. The summed E-state index contributed by atoms with van der Waals surface area (Å²) in [6, 6.07) is 14.5. The topological polar surface area (TPSA) is 45.8 Å². The van der Waals surface area contributed by atoms with E-state index in [0.29, 0.717) is 17.4 Å². The second-order valence-corrected chi connectivity index (χ2v) is 12.4. The van der Waals surface area contributed by atoms with Gasteiger partial charge < -0.3 is 9.47 Å². The smallest absolute Gasteiger partial charge is 0.106 e. The van der Waals surface area contributed by atoms with Crippen LogP contribution in [0.15, 0.2) is 58.9 Å². The average Bonchev–Trinajstić information content (AvgIpc) is 3.20. The Balaban J connectivity index is 1.19. The van der Waals surface area contributed by atoms with Crippen LogP contribution >= 0.6 is 0 Å². The number of rotatable bonds is 3. The molecule has 1 aromatic heterocycles. The highest BCUT2D eigenvalue weighted by Gasteiger charge is 2.67. The molecule has 188 valence electrons. The fraction of sp³-hybridized carbons (Fsp3) is 0.469. The van der Waals surface area contributed by atoms with Crippen molar-refractivity contribution in [3.63, 3.8) is 0 Å². The summed E-state index contributed by atoms with van der Waals surface area (Å²) in [5.41, 5.74) is 9.95. The van der Waals surface area contributed by atoms with Crippen molar-refractivity contribution in [2.75, 3.05) is 13.1 Å². The van der Waals surface area contributed by atoms with Gasteiger partial charge in [0.15, 0.2) is 0 Å². The number of nitrogens with zero attached hydrogens (tertiary/aromatic N) is 5. The van der Waals surface area contributed by atoms with Crippen molar-refractivity contribution >= 4 is 12.1 Å². The van der Waals surface area contributed by atoms with Crippen molar-refractivity contribution in [1.82, 2.24) is 14.5 Å². The van der Waals surface area contributed by atoms with Gasteiger partial charge in [0.25, 0.3) is 0 Å². The zero-order valence-electron chi connectivity index (χ0n) is 22.0. The van der Waals surface area contributed by atoms with Crippen molar-refractivity contribution in [2.24, 2.45) is 20.8 Å². The van der Waals surface area contributed by atoms with Gasteiger partial charge >= 0.3 is 0 Å². The van der Waals surface area contributed by atoms with Crippen LogP contribution in [0.3, 0.4) is 0 Å². The fourth-order valence-corrected chi connectivity index (χ4v) is 8.10. The summed E-state index contributed by atoms with van der Waals surface area (Å²) in [6.45, 7) is 7.14. The van der Waals surface area contributed by atoms with Gasteiger partial charge in [0, 0.05) is 42.0 Å². The van der Waals surface area contributed by atoms with Crippen LogP contribution in [0.25, 0.3) is 5.69 Å². The van der Waals surface area contributed by atoms with Gasteiger partial charge in [0.05, 0.1) is 30.3 Å². The Morgan fingerprint density at radius 1 is 1.03 bits per heavy atom. The van der Waals surface area contributed by atoms with E-state index in [2.05, 4.69) is 77.1 Å². The van der Waals surface area contributed by atoms with Gasteiger partial charge in [-0.25, -0.2) is 4.98 Å². The molecule has 0 radical (unpaired) electrons. The Labute approximate surface area is 219 Å². The molecule has 3 unspecified atom stereocenters. The lowest BCUT2D eigenvalue weighted by molar-refractivity contribution is 0.0223. The van der Waals surface area contributed by atoms with Crippen molar-refractivity contribution < 1.29 is 0 Å². The van der Waals surface area contributed by atoms with Crippen LogP contribution in [0.1, 0.15) is 84.0 Å². The zero-order valence-corrected chi connectivity index (χ0v) is 22.0. The Bertz CT molecular complexity index is 1460. The largest absolute Gasteiger partial charge is 0.352 e. The molecular formula is C32H35N5. The molecule has 2 aromatic carbocycles. The Kier molecular flexibility index (Phi) is 4.52. The lowest BCUT2D eigenvalue weighted by atomic mass is 9.59. The first kappa shape index (κ1) is 21.8. The minimum absolute atomic E-state index is 0.194. The molecule has 0 amide bonds. The van der Waals surface area contributed by atoms with Crippen LogP contribution in [0.4, 0.5) is 0 Å². The number of hydrogen-bond acceptors (Lipinski definition) is 4. The SMILES string of the molecule is Cc1ccc(C2CCN=C3N2CC2(CCC2)CC32CC2c2ccc(-n3cnc(C)c3)c3c2C=NC3)cc1. The van der Waals surface area contributed by atoms with E-state index in [1.54, 1.807) is 0 Å². The molecular weight excluding hydrogens is 454 g/mol. The van der Waals surface area contributed by atoms with Crippen LogP contribution in [0, 0.1) is 24.7 Å². The van der Waals surface area contributed by atoms with Gasteiger partial charge in [-0.2, -0.15) is 0 Å². The van der Waals surface area contributed by atoms with E-state index in [9.17, 15) is 0 Å². The van der Waals surface area contributed by atoms with Gasteiger partial charge in [-0.05, 0) is 74.5 Å². The number of aliphatic imine (C=N–C) groups is 2. The first-order chi connectivity index (χ1) is 18.1. The van der Waals surface area contributed by atoms with Gasteiger partial charge in [0.2, 0.25) is 0 Å². The van der Waals surface area contributed by atoms with Gasteiger partial charge in [-0.3, -0.25) is 9.98 Å². The molecule has 0 bridgehead atoms. The molecule has 3 aromatic rings. The first-order valence-electron chi connectivity index (χ1n) is 14.1. The van der Waals surface area contributed by atoms with E-state index in [1.165, 1.54) is 78.0 Å². The number of imidazole rings is 1. The second kappa shape index (κ2) is 7.66. The maximum absolute atomic E-state index is 5.32. The van der Waals surface area contributed by atoms with Crippen LogP contribution in [0.5, 0.6) is 0 Å². The van der Waals surface area contributed by atoms with Crippen molar-refractivity contribution in [3.8, 4) is 5.69 Å². The lowest BCUT2D eigenvalue weighted by Gasteiger charge is -2.56. The van der Waals surface area contributed by atoms with Gasteiger partial charge in [-0.1, -0.05) is 42.3 Å². The molecule has 5 heteroatoms. The Morgan fingerprint density at radius 3 is 2.65 bits per heavy atom. The summed E-state index contributed by atoms with van der Waals surface area (Å²) in [5.74, 6) is 1.96. The van der Waals surface area contributed by atoms with Gasteiger partial charge in [-0.15, -0.1) is 0 Å². The quantitative estimate of drug-likeness (QED) is 0.432. The summed E-state index contributed by atoms with van der Waals surface area (Å²) >= 11 is 0. The second-order valence-electron chi connectivity index (χ2n) is 12.4. The summed E-state index contributed by atoms with van der Waals surface area (Å²) in [7, 11) is 0. The molecule has 3 aliphatic heterocycles. The lowest BCUT2D eigenvalue weighted by Crippen LogP contribution is -2.57. The third-order valence-corrected chi connectivity index (χ3v) is 10.1. The molecule has 5 nitrogen and oxygen atoms in total. The number of fused-ring (bicyclic) bond motifs is 3. The van der Waals surface area contributed by atoms with Crippen LogP contribution in [0.2, 0.25) is 0 Å². The van der Waals surface area contributed by atoms with E-state index in [4.69, 9.17) is 9.98 Å². The average molecular weight is 490 g/mol. The summed E-state index contributed by atoms with van der Waals surface area (Å²) in [6.07, 6.45) is 14.0. The van der Waals surface area contributed by atoms with Crippen molar-refractivity contribution in [2.45, 2.75) is 70.9 Å². The van der Waals surface area contributed by atoms with Crippen LogP contribution in [-0.4, -0.2) is 39.6 Å². The number of hydrogen-bond donors (Lipinski definition) is 0. The minimum atomic E-state index is 0.194. The van der Waals surface area contributed by atoms with Crippen molar-refractivity contribution in [3.05, 3.63) is 82.4 Å². The molecule has 37 heavy (non-hydrogen) atoms. The highest BCUT2D eigenvalue weighted by Crippen LogP contribution is 2.71. The molecule has 2 aliphatic carbocycles. The third kappa shape index (κ3) is 3.19. The maximum atomic E-state index is 5.32. The number of aromatic nitrogens is 2. The predicted molar refractivity (Wildman–Crippen MR) is 148 cm³/mol. The molecule has 1 saturated heterocycles. The number of amidine groups is 1. The maximum Gasteiger partial charge on any atom is 0.106 e. The summed E-state index contributed by atoms with van der Waals surface area (Å²) < 4.78 is 2.17. The highest BCUT2D eigenvalue weighted by atomic mass is 15.3. The third-order valence-electron chi connectivity index (χ3n) is 10.1. The molecule has 5 aliphatic rings. The van der Waals surface area contributed by atoms with E-state index >= 15 is 0 Å². The molecule has 2 spiro atoms.